The van der Waals surface area contributed by atoms with Gasteiger partial charge in [0.25, 0.3) is 0 Å². The van der Waals surface area contributed by atoms with Crippen molar-refractivity contribution in [1.82, 2.24) is 5.32 Å². The van der Waals surface area contributed by atoms with Crippen molar-refractivity contribution in [3.63, 3.8) is 0 Å². The quantitative estimate of drug-likeness (QED) is 0.546. The van der Waals surface area contributed by atoms with E-state index in [0.29, 0.717) is 0 Å². The maximum Gasteiger partial charge on any atom is 0.0333 e. The lowest BCUT2D eigenvalue weighted by atomic mass is 10.3. The van der Waals surface area contributed by atoms with E-state index in [1.54, 1.807) is 0 Å². The average molecular weight is 130 g/mol. The molecule has 8 heavy (non-hydrogen) atoms. The lowest BCUT2D eigenvalue weighted by Crippen LogP contribution is -2.39. The highest BCUT2D eigenvalue weighted by Gasteiger charge is 2.18. The molecule has 1 nitrogen and oxygen atoms in total. The summed E-state index contributed by atoms with van der Waals surface area (Å²) in [5.74, 6) is 0. The van der Waals surface area contributed by atoms with Crippen LogP contribution in [0.15, 0.2) is 0 Å². The number of hydrogen-bond acceptors (Lipinski definition) is 1. The number of hydrogen-bond donors (Lipinski definition) is 0. The van der Waals surface area contributed by atoms with Crippen LogP contribution in [0.4, 0.5) is 0 Å². The zero-order valence-electron chi connectivity index (χ0n) is 5.42. The fourth-order valence-electron chi connectivity index (χ4n) is 0.705. The third-order valence-electron chi connectivity index (χ3n) is 1.13. The SMILES string of the molecule is CC(C)SC1C[N]C1. The highest BCUT2D eigenvalue weighted by Crippen LogP contribution is 2.20. The maximum atomic E-state index is 4.13. The zero-order chi connectivity index (χ0) is 5.98. The van der Waals surface area contributed by atoms with Gasteiger partial charge in [-0.3, -0.25) is 0 Å². The Labute approximate surface area is 55.2 Å². The molecule has 0 bridgehead atoms. The number of rotatable bonds is 2. The fourth-order valence-corrected chi connectivity index (χ4v) is 1.86. The van der Waals surface area contributed by atoms with Crippen molar-refractivity contribution in [3.05, 3.63) is 0 Å². The lowest BCUT2D eigenvalue weighted by Gasteiger charge is -2.25. The van der Waals surface area contributed by atoms with E-state index in [0.717, 1.165) is 23.6 Å². The second kappa shape index (κ2) is 2.74. The summed E-state index contributed by atoms with van der Waals surface area (Å²) < 4.78 is 0. The van der Waals surface area contributed by atoms with Crippen molar-refractivity contribution in [1.29, 1.82) is 0 Å². The van der Waals surface area contributed by atoms with Gasteiger partial charge < -0.3 is 0 Å². The maximum absolute atomic E-state index is 4.13. The van der Waals surface area contributed by atoms with E-state index in [-0.39, 0.29) is 0 Å². The van der Waals surface area contributed by atoms with Gasteiger partial charge in [0.1, 0.15) is 0 Å². The van der Waals surface area contributed by atoms with Crippen LogP contribution in [0, 0.1) is 0 Å². The molecule has 1 heterocycles. The Hall–Kier alpha value is 0.310. The third kappa shape index (κ3) is 1.67. The summed E-state index contributed by atoms with van der Waals surface area (Å²) in [5, 5.41) is 5.77. The van der Waals surface area contributed by atoms with E-state index < -0.39 is 0 Å². The second-order valence-electron chi connectivity index (χ2n) is 2.40. The van der Waals surface area contributed by atoms with E-state index >= 15 is 0 Å². The molecule has 1 radical (unpaired) electrons. The minimum atomic E-state index is 0.787. The third-order valence-corrected chi connectivity index (χ3v) is 2.36. The molecule has 0 aromatic heterocycles. The molecule has 0 atom stereocenters. The molecule has 0 aromatic carbocycles. The van der Waals surface area contributed by atoms with E-state index in [1.807, 2.05) is 11.8 Å². The van der Waals surface area contributed by atoms with E-state index in [2.05, 4.69) is 19.2 Å². The van der Waals surface area contributed by atoms with Crippen molar-refractivity contribution in [2.45, 2.75) is 24.3 Å². The predicted octanol–water partition coefficient (Wildman–Crippen LogP) is 1.11. The van der Waals surface area contributed by atoms with Crippen molar-refractivity contribution in [3.8, 4) is 0 Å². The highest BCUT2D eigenvalue weighted by atomic mass is 32.2. The molecule has 2 heteroatoms. The molecule has 0 spiro atoms. The van der Waals surface area contributed by atoms with Gasteiger partial charge in [0.2, 0.25) is 0 Å². The Bertz CT molecular complexity index is 68.9. The normalized spacial score (nSPS) is 21.4. The molecule has 1 rings (SSSR count). The van der Waals surface area contributed by atoms with Gasteiger partial charge in [-0.25, -0.2) is 5.32 Å². The van der Waals surface area contributed by atoms with Crippen molar-refractivity contribution in [2.75, 3.05) is 13.1 Å². The molecule has 1 aliphatic heterocycles. The molecular weight excluding hydrogens is 118 g/mol. The van der Waals surface area contributed by atoms with Gasteiger partial charge in [0, 0.05) is 18.3 Å². The summed E-state index contributed by atoms with van der Waals surface area (Å²) in [4.78, 5) is 0. The van der Waals surface area contributed by atoms with Crippen molar-refractivity contribution < 1.29 is 0 Å². The largest absolute Gasteiger partial charge is 0.239 e. The first kappa shape index (κ1) is 6.43. The first-order valence-electron chi connectivity index (χ1n) is 3.08. The van der Waals surface area contributed by atoms with Gasteiger partial charge in [-0.05, 0) is 5.25 Å². The summed E-state index contributed by atoms with van der Waals surface area (Å²) in [6.07, 6.45) is 0. The first-order chi connectivity index (χ1) is 3.79. The van der Waals surface area contributed by atoms with Crippen molar-refractivity contribution >= 4 is 11.8 Å². The van der Waals surface area contributed by atoms with Crippen LogP contribution in [0.5, 0.6) is 0 Å². The monoisotopic (exact) mass is 130 g/mol. The minimum absolute atomic E-state index is 0.787. The Morgan fingerprint density at radius 1 is 1.50 bits per heavy atom. The molecule has 1 fully saturated rings. The Morgan fingerprint density at radius 3 is 2.25 bits per heavy atom. The summed E-state index contributed by atoms with van der Waals surface area (Å²) in [6.45, 7) is 6.68. The summed E-state index contributed by atoms with van der Waals surface area (Å²) in [5.41, 5.74) is 0. The van der Waals surface area contributed by atoms with Gasteiger partial charge in [-0.15, -0.1) is 0 Å². The average Bonchev–Trinajstić information content (AvgIpc) is 1.55. The van der Waals surface area contributed by atoms with Crippen LogP contribution in [0.2, 0.25) is 0 Å². The van der Waals surface area contributed by atoms with Crippen molar-refractivity contribution in [2.24, 2.45) is 0 Å². The Balaban J connectivity index is 2.01. The van der Waals surface area contributed by atoms with Gasteiger partial charge in [0.05, 0.1) is 0 Å². The van der Waals surface area contributed by atoms with Gasteiger partial charge >= 0.3 is 0 Å². The van der Waals surface area contributed by atoms with Crippen LogP contribution in [-0.2, 0) is 0 Å². The van der Waals surface area contributed by atoms with Crippen LogP contribution in [0.1, 0.15) is 13.8 Å². The Kier molecular flexibility index (Phi) is 2.20. The van der Waals surface area contributed by atoms with Gasteiger partial charge in [0.15, 0.2) is 0 Å². The molecule has 0 amide bonds. The fraction of sp³-hybridized carbons (Fsp3) is 1.00. The molecule has 1 aliphatic rings. The van der Waals surface area contributed by atoms with E-state index in [4.69, 9.17) is 0 Å². The van der Waals surface area contributed by atoms with Crippen LogP contribution in [-0.4, -0.2) is 23.6 Å². The molecule has 0 saturated carbocycles. The molecule has 0 aliphatic carbocycles. The number of nitrogens with zero attached hydrogens (tertiary/aromatic N) is 1. The van der Waals surface area contributed by atoms with Crippen LogP contribution in [0.25, 0.3) is 0 Å². The summed E-state index contributed by atoms with van der Waals surface area (Å²) in [6, 6.07) is 0. The standard InChI is InChI=1S/C6H12NS/c1-5(2)8-6-3-7-4-6/h5-6H,3-4H2,1-2H3. The van der Waals surface area contributed by atoms with Crippen LogP contribution < -0.4 is 5.32 Å². The Morgan fingerprint density at radius 2 is 2.12 bits per heavy atom. The molecule has 0 aromatic rings. The highest BCUT2D eigenvalue weighted by molar-refractivity contribution is 8.00. The first-order valence-corrected chi connectivity index (χ1v) is 4.02. The summed E-state index contributed by atoms with van der Waals surface area (Å²) >= 11 is 2.05. The molecule has 0 N–H and O–H groups in total. The zero-order valence-corrected chi connectivity index (χ0v) is 6.24. The van der Waals surface area contributed by atoms with Crippen LogP contribution in [0.3, 0.4) is 0 Å². The van der Waals surface area contributed by atoms with Crippen LogP contribution >= 0.6 is 11.8 Å². The van der Waals surface area contributed by atoms with Gasteiger partial charge in [-0.2, -0.15) is 11.8 Å². The van der Waals surface area contributed by atoms with E-state index in [1.165, 1.54) is 0 Å². The lowest BCUT2D eigenvalue weighted by molar-refractivity contribution is 0.529. The molecular formula is C6H12NS. The smallest absolute Gasteiger partial charge is 0.0333 e. The van der Waals surface area contributed by atoms with Gasteiger partial charge in [-0.1, -0.05) is 13.8 Å². The van der Waals surface area contributed by atoms with E-state index in [9.17, 15) is 0 Å². The topological polar surface area (TPSA) is 14.1 Å². The molecule has 0 unspecified atom stereocenters. The molecule has 47 valence electrons. The minimum Gasteiger partial charge on any atom is -0.239 e. The number of thioether (sulfide) groups is 1. The second-order valence-corrected chi connectivity index (χ2v) is 4.28. The molecule has 1 saturated heterocycles. The summed E-state index contributed by atoms with van der Waals surface area (Å²) in [7, 11) is 0. The predicted molar refractivity (Wildman–Crippen MR) is 38.4 cm³/mol.